The van der Waals surface area contributed by atoms with Crippen molar-refractivity contribution in [3.05, 3.63) is 31.2 Å². The highest BCUT2D eigenvalue weighted by atomic mass is 16.6. The number of ether oxygens (including phenoxy) is 1. The predicted molar refractivity (Wildman–Crippen MR) is 74.1 cm³/mol. The van der Waals surface area contributed by atoms with Crippen molar-refractivity contribution in [2.24, 2.45) is 0 Å². The number of nitrogen functional groups attached to an aromatic ring is 1. The Morgan fingerprint density at radius 3 is 2.95 bits per heavy atom. The van der Waals surface area contributed by atoms with E-state index in [0.29, 0.717) is 16.9 Å². The largest absolute Gasteiger partial charge is 0.394 e. The number of fused-ring (bicyclic) bond motifs is 1. The molecule has 3 heterocycles. The first kappa shape index (κ1) is 14.0. The maximum absolute atomic E-state index is 10.6. The molecule has 0 saturated carbocycles. The van der Waals surface area contributed by atoms with Gasteiger partial charge in [0.2, 0.25) is 0 Å². The van der Waals surface area contributed by atoms with E-state index in [1.807, 2.05) is 0 Å². The standard InChI is InChI=1S/C13H16N4O4/c1-2-13(20)9(19)8(5-18)21-12(13)17-4-3-7-10(14)15-6-16-11(7)17/h2-4,6,8-9,12,18-20H,1,5H2,(H2,14,15,16)/t8-,9?,12-,13-/m1/s1. The van der Waals surface area contributed by atoms with Crippen molar-refractivity contribution in [2.45, 2.75) is 24.0 Å². The quantitative estimate of drug-likeness (QED) is 0.544. The van der Waals surface area contributed by atoms with E-state index in [0.717, 1.165) is 0 Å². The monoisotopic (exact) mass is 292 g/mol. The second-order valence-electron chi connectivity index (χ2n) is 4.96. The highest BCUT2D eigenvalue weighted by Gasteiger charge is 2.54. The van der Waals surface area contributed by atoms with Gasteiger partial charge in [-0.2, -0.15) is 0 Å². The van der Waals surface area contributed by atoms with E-state index in [2.05, 4.69) is 16.5 Å². The van der Waals surface area contributed by atoms with Gasteiger partial charge in [-0.25, -0.2) is 9.97 Å². The van der Waals surface area contributed by atoms with Crippen LogP contribution in [0.15, 0.2) is 31.2 Å². The van der Waals surface area contributed by atoms with Gasteiger partial charge < -0.3 is 30.4 Å². The van der Waals surface area contributed by atoms with Gasteiger partial charge in [-0.1, -0.05) is 12.7 Å². The number of nitrogens with two attached hydrogens (primary N) is 1. The lowest BCUT2D eigenvalue weighted by Crippen LogP contribution is -2.45. The zero-order valence-corrected chi connectivity index (χ0v) is 11.1. The van der Waals surface area contributed by atoms with Crippen LogP contribution in [0.2, 0.25) is 0 Å². The molecule has 112 valence electrons. The molecule has 3 rings (SSSR count). The number of anilines is 1. The Morgan fingerprint density at radius 1 is 1.52 bits per heavy atom. The fourth-order valence-corrected chi connectivity index (χ4v) is 2.63. The number of aliphatic hydroxyl groups excluding tert-OH is 2. The number of nitrogens with zero attached hydrogens (tertiary/aromatic N) is 3. The SMILES string of the molecule is C=C[C@@]1(O)C(O)[C@@H](CO)O[C@H]1n1ccc2c(N)ncnc21. The molecule has 8 nitrogen and oxygen atoms in total. The number of hydrogen-bond acceptors (Lipinski definition) is 7. The van der Waals surface area contributed by atoms with Crippen molar-refractivity contribution in [3.8, 4) is 0 Å². The lowest BCUT2D eigenvalue weighted by atomic mass is 9.94. The van der Waals surface area contributed by atoms with Crippen molar-refractivity contribution < 1.29 is 20.1 Å². The molecule has 0 spiro atoms. The molecule has 2 aromatic rings. The van der Waals surface area contributed by atoms with E-state index in [-0.39, 0.29) is 0 Å². The molecule has 1 unspecified atom stereocenters. The molecule has 0 radical (unpaired) electrons. The second-order valence-corrected chi connectivity index (χ2v) is 4.96. The van der Waals surface area contributed by atoms with E-state index < -0.39 is 30.6 Å². The third-order valence-electron chi connectivity index (χ3n) is 3.82. The number of aromatic nitrogens is 3. The molecular weight excluding hydrogens is 276 g/mol. The van der Waals surface area contributed by atoms with E-state index >= 15 is 0 Å². The van der Waals surface area contributed by atoms with Gasteiger partial charge in [-0.05, 0) is 6.07 Å². The Balaban J connectivity index is 2.13. The molecule has 0 bridgehead atoms. The van der Waals surface area contributed by atoms with Gasteiger partial charge in [-0.3, -0.25) is 0 Å². The average Bonchev–Trinajstić information content (AvgIpc) is 3.01. The predicted octanol–water partition coefficient (Wildman–Crippen LogP) is -0.819. The fourth-order valence-electron chi connectivity index (χ4n) is 2.63. The van der Waals surface area contributed by atoms with Crippen LogP contribution in [-0.2, 0) is 4.74 Å². The van der Waals surface area contributed by atoms with Gasteiger partial charge in [0.15, 0.2) is 11.8 Å². The Kier molecular flexibility index (Phi) is 3.18. The summed E-state index contributed by atoms with van der Waals surface area (Å²) in [5.74, 6) is 0.304. The molecule has 1 fully saturated rings. The van der Waals surface area contributed by atoms with Crippen LogP contribution >= 0.6 is 0 Å². The van der Waals surface area contributed by atoms with Gasteiger partial charge in [0.1, 0.15) is 30.0 Å². The highest BCUT2D eigenvalue weighted by Crippen LogP contribution is 2.40. The van der Waals surface area contributed by atoms with Crippen LogP contribution in [0.25, 0.3) is 11.0 Å². The van der Waals surface area contributed by atoms with Gasteiger partial charge in [0.05, 0.1) is 12.0 Å². The summed E-state index contributed by atoms with van der Waals surface area (Å²) >= 11 is 0. The third-order valence-corrected chi connectivity index (χ3v) is 3.82. The summed E-state index contributed by atoms with van der Waals surface area (Å²) < 4.78 is 7.10. The number of hydrogen-bond donors (Lipinski definition) is 4. The van der Waals surface area contributed by atoms with Gasteiger partial charge in [0.25, 0.3) is 0 Å². The first-order valence-electron chi connectivity index (χ1n) is 6.40. The summed E-state index contributed by atoms with van der Waals surface area (Å²) in [6.45, 7) is 3.12. The summed E-state index contributed by atoms with van der Waals surface area (Å²) in [6.07, 6.45) is 0.927. The fraction of sp³-hybridized carbons (Fsp3) is 0.385. The molecule has 1 saturated heterocycles. The minimum Gasteiger partial charge on any atom is -0.394 e. The third kappa shape index (κ3) is 1.84. The van der Waals surface area contributed by atoms with Crippen molar-refractivity contribution >= 4 is 16.9 Å². The summed E-state index contributed by atoms with van der Waals surface area (Å²) in [6, 6.07) is 1.69. The van der Waals surface area contributed by atoms with Gasteiger partial charge in [0, 0.05) is 6.20 Å². The second kappa shape index (κ2) is 4.78. The maximum Gasteiger partial charge on any atom is 0.171 e. The van der Waals surface area contributed by atoms with Crippen molar-refractivity contribution in [1.29, 1.82) is 0 Å². The topological polar surface area (TPSA) is 127 Å². The van der Waals surface area contributed by atoms with Crippen LogP contribution in [0.5, 0.6) is 0 Å². The lowest BCUT2D eigenvalue weighted by molar-refractivity contribution is -0.0768. The molecule has 0 aromatic carbocycles. The molecular formula is C13H16N4O4. The van der Waals surface area contributed by atoms with E-state index in [1.165, 1.54) is 17.0 Å². The molecule has 2 aromatic heterocycles. The minimum absolute atomic E-state index is 0.304. The van der Waals surface area contributed by atoms with E-state index in [1.54, 1.807) is 12.3 Å². The maximum atomic E-state index is 10.6. The van der Waals surface area contributed by atoms with Crippen molar-refractivity contribution in [3.63, 3.8) is 0 Å². The molecule has 0 aliphatic carbocycles. The molecule has 5 N–H and O–H groups in total. The lowest BCUT2D eigenvalue weighted by Gasteiger charge is -2.28. The Bertz CT molecular complexity index is 688. The van der Waals surface area contributed by atoms with Crippen LogP contribution in [0.3, 0.4) is 0 Å². The van der Waals surface area contributed by atoms with Crippen LogP contribution in [0, 0.1) is 0 Å². The minimum atomic E-state index is -1.75. The van der Waals surface area contributed by atoms with Crippen LogP contribution in [-0.4, -0.2) is 54.3 Å². The average molecular weight is 292 g/mol. The summed E-state index contributed by atoms with van der Waals surface area (Å²) in [5, 5.41) is 30.6. The smallest absolute Gasteiger partial charge is 0.171 e. The Hall–Kier alpha value is -2.00. The first-order chi connectivity index (χ1) is 10.0. The molecule has 1 aliphatic heterocycles. The zero-order chi connectivity index (χ0) is 15.2. The normalized spacial score (nSPS) is 32.6. The van der Waals surface area contributed by atoms with E-state index in [4.69, 9.17) is 10.5 Å². The molecule has 1 aliphatic rings. The van der Waals surface area contributed by atoms with Gasteiger partial charge in [-0.15, -0.1) is 0 Å². The molecule has 0 amide bonds. The van der Waals surface area contributed by atoms with E-state index in [9.17, 15) is 15.3 Å². The van der Waals surface area contributed by atoms with Crippen LogP contribution in [0.1, 0.15) is 6.23 Å². The van der Waals surface area contributed by atoms with Crippen molar-refractivity contribution in [1.82, 2.24) is 14.5 Å². The molecule has 8 heteroatoms. The Labute approximate surface area is 120 Å². The number of aliphatic hydroxyl groups is 3. The first-order valence-corrected chi connectivity index (χ1v) is 6.40. The van der Waals surface area contributed by atoms with Crippen molar-refractivity contribution in [2.75, 3.05) is 12.3 Å². The summed E-state index contributed by atoms with van der Waals surface area (Å²) in [7, 11) is 0. The van der Waals surface area contributed by atoms with Crippen LogP contribution < -0.4 is 5.73 Å². The summed E-state index contributed by atoms with van der Waals surface area (Å²) in [5.41, 5.74) is 4.48. The molecule has 21 heavy (non-hydrogen) atoms. The number of rotatable bonds is 3. The highest BCUT2D eigenvalue weighted by molar-refractivity contribution is 5.86. The Morgan fingerprint density at radius 2 is 2.29 bits per heavy atom. The van der Waals surface area contributed by atoms with Crippen LogP contribution in [0.4, 0.5) is 5.82 Å². The van der Waals surface area contributed by atoms with Gasteiger partial charge >= 0.3 is 0 Å². The summed E-state index contributed by atoms with van der Waals surface area (Å²) in [4.78, 5) is 8.01. The molecule has 4 atom stereocenters. The zero-order valence-electron chi connectivity index (χ0n) is 11.1.